The summed E-state index contributed by atoms with van der Waals surface area (Å²) in [5, 5.41) is 3.40. The van der Waals surface area contributed by atoms with Crippen molar-refractivity contribution in [2.45, 2.75) is 13.0 Å². The normalized spacial score (nSPS) is 14.2. The number of carbonyl (C=O) groups excluding carboxylic acids is 2. The molecule has 0 saturated carbocycles. The van der Waals surface area contributed by atoms with Gasteiger partial charge in [-0.2, -0.15) is 0 Å². The highest BCUT2D eigenvalue weighted by Crippen LogP contribution is 2.22. The van der Waals surface area contributed by atoms with Gasteiger partial charge in [-0.05, 0) is 42.8 Å². The summed E-state index contributed by atoms with van der Waals surface area (Å²) in [7, 11) is 0. The molecule has 0 spiro atoms. The fraction of sp³-hybridized carbons (Fsp3) is 0.200. The molecule has 4 heterocycles. The zero-order chi connectivity index (χ0) is 27.5. The van der Waals surface area contributed by atoms with Crippen molar-refractivity contribution in [1.29, 1.82) is 0 Å². The van der Waals surface area contributed by atoms with E-state index in [0.717, 1.165) is 11.1 Å². The van der Waals surface area contributed by atoms with Crippen LogP contribution < -0.4 is 5.32 Å². The van der Waals surface area contributed by atoms with Crippen molar-refractivity contribution in [3.63, 3.8) is 0 Å². The Morgan fingerprint density at radius 1 is 0.825 bits per heavy atom. The Bertz CT molecular complexity index is 1650. The fourth-order valence-corrected chi connectivity index (χ4v) is 4.89. The summed E-state index contributed by atoms with van der Waals surface area (Å²) >= 11 is 0. The number of piperazine rings is 1. The predicted octanol–water partition coefficient (Wildman–Crippen LogP) is 3.98. The second-order valence-electron chi connectivity index (χ2n) is 9.68. The van der Waals surface area contributed by atoms with Gasteiger partial charge in [-0.25, -0.2) is 9.97 Å². The Morgan fingerprint density at radius 3 is 2.25 bits per heavy atom. The molecule has 6 rings (SSSR count). The van der Waals surface area contributed by atoms with E-state index in [-0.39, 0.29) is 17.9 Å². The Balaban J connectivity index is 1.14. The lowest BCUT2D eigenvalue weighted by atomic mass is 10.1. The van der Waals surface area contributed by atoms with Crippen LogP contribution >= 0.6 is 0 Å². The van der Waals surface area contributed by atoms with E-state index in [0.29, 0.717) is 54.5 Å². The standard InChI is InChI=1S/C30H28N8O2/c1-21(22-5-3-2-4-6-22)34-27-18-32-19-28(35-27)38-20-33-25-17-24(7-8-26(25)38)30(40)37-15-13-36(14-16-37)29(39)23-9-11-31-12-10-23/h2-12,17-21H,13-16H2,1H3,(H,34,35)/t21-/m0/s1. The summed E-state index contributed by atoms with van der Waals surface area (Å²) in [6.07, 6.45) is 8.29. The van der Waals surface area contributed by atoms with Crippen LogP contribution in [-0.2, 0) is 0 Å². The molecule has 5 aromatic rings. The van der Waals surface area contributed by atoms with Crippen molar-refractivity contribution < 1.29 is 9.59 Å². The van der Waals surface area contributed by atoms with Gasteiger partial charge in [0, 0.05) is 55.7 Å². The van der Waals surface area contributed by atoms with Crippen molar-refractivity contribution in [3.8, 4) is 5.82 Å². The second kappa shape index (κ2) is 10.9. The molecule has 1 aliphatic rings. The Hall–Kier alpha value is -5.12. The molecule has 1 saturated heterocycles. The summed E-state index contributed by atoms with van der Waals surface area (Å²) in [5.74, 6) is 1.16. The van der Waals surface area contributed by atoms with Gasteiger partial charge in [0.05, 0.1) is 23.4 Å². The minimum absolute atomic E-state index is 0.0432. The van der Waals surface area contributed by atoms with Crippen molar-refractivity contribution in [2.75, 3.05) is 31.5 Å². The second-order valence-corrected chi connectivity index (χ2v) is 9.68. The van der Waals surface area contributed by atoms with E-state index < -0.39 is 0 Å². The van der Waals surface area contributed by atoms with E-state index in [1.165, 1.54) is 0 Å². The van der Waals surface area contributed by atoms with Gasteiger partial charge in [-0.15, -0.1) is 0 Å². The number of nitrogens with one attached hydrogen (secondary N) is 1. The van der Waals surface area contributed by atoms with Gasteiger partial charge in [0.15, 0.2) is 5.82 Å². The number of hydrogen-bond donors (Lipinski definition) is 1. The topological polar surface area (TPSA) is 109 Å². The molecule has 0 aliphatic carbocycles. The molecule has 2 amide bonds. The minimum atomic E-state index is -0.0756. The van der Waals surface area contributed by atoms with E-state index in [9.17, 15) is 9.59 Å². The number of carbonyl (C=O) groups is 2. The first kappa shape index (κ1) is 25.2. The predicted molar refractivity (Wildman–Crippen MR) is 151 cm³/mol. The molecule has 2 aromatic carbocycles. The molecule has 1 N–H and O–H groups in total. The smallest absolute Gasteiger partial charge is 0.254 e. The number of benzene rings is 2. The highest BCUT2D eigenvalue weighted by atomic mass is 16.2. The number of imidazole rings is 1. The van der Waals surface area contributed by atoms with Crippen LogP contribution in [0.1, 0.15) is 39.2 Å². The van der Waals surface area contributed by atoms with E-state index in [1.54, 1.807) is 59.1 Å². The van der Waals surface area contributed by atoms with Gasteiger partial charge in [0.25, 0.3) is 11.8 Å². The summed E-state index contributed by atoms with van der Waals surface area (Å²) in [6, 6.07) is 19.1. The zero-order valence-corrected chi connectivity index (χ0v) is 22.0. The van der Waals surface area contributed by atoms with Gasteiger partial charge in [-0.3, -0.25) is 24.1 Å². The van der Waals surface area contributed by atoms with E-state index in [2.05, 4.69) is 39.3 Å². The first-order valence-electron chi connectivity index (χ1n) is 13.2. The van der Waals surface area contributed by atoms with Crippen LogP contribution in [0.25, 0.3) is 16.9 Å². The zero-order valence-electron chi connectivity index (χ0n) is 22.0. The van der Waals surface area contributed by atoms with E-state index in [1.807, 2.05) is 34.9 Å². The Labute approximate surface area is 231 Å². The molecular formula is C30H28N8O2. The van der Waals surface area contributed by atoms with Gasteiger partial charge >= 0.3 is 0 Å². The first-order valence-corrected chi connectivity index (χ1v) is 13.2. The summed E-state index contributed by atoms with van der Waals surface area (Å²) < 4.78 is 1.86. The highest BCUT2D eigenvalue weighted by molar-refractivity contribution is 5.98. The third-order valence-electron chi connectivity index (χ3n) is 7.11. The number of aromatic nitrogens is 5. The third kappa shape index (κ3) is 5.11. The number of anilines is 1. The fourth-order valence-electron chi connectivity index (χ4n) is 4.89. The number of amides is 2. The van der Waals surface area contributed by atoms with Crippen molar-refractivity contribution >= 4 is 28.7 Å². The Morgan fingerprint density at radius 2 is 1.52 bits per heavy atom. The largest absolute Gasteiger partial charge is 0.362 e. The van der Waals surface area contributed by atoms with Crippen molar-refractivity contribution in [1.82, 2.24) is 34.3 Å². The van der Waals surface area contributed by atoms with Crippen LogP contribution in [0.15, 0.2) is 91.8 Å². The van der Waals surface area contributed by atoms with Gasteiger partial charge in [-0.1, -0.05) is 30.3 Å². The number of hydrogen-bond acceptors (Lipinski definition) is 7. The average Bonchev–Trinajstić information content (AvgIpc) is 3.45. The van der Waals surface area contributed by atoms with Gasteiger partial charge < -0.3 is 15.1 Å². The quantitative estimate of drug-likeness (QED) is 0.352. The highest BCUT2D eigenvalue weighted by Gasteiger charge is 2.26. The lowest BCUT2D eigenvalue weighted by molar-refractivity contribution is 0.0535. The molecule has 0 radical (unpaired) electrons. The summed E-state index contributed by atoms with van der Waals surface area (Å²) in [5.41, 5.74) is 3.83. The molecule has 1 atom stereocenters. The molecule has 1 fully saturated rings. The lowest BCUT2D eigenvalue weighted by Crippen LogP contribution is -2.50. The van der Waals surface area contributed by atoms with Gasteiger partial charge in [0.1, 0.15) is 12.1 Å². The molecule has 0 bridgehead atoms. The Kier molecular flexibility index (Phi) is 6.88. The van der Waals surface area contributed by atoms with E-state index >= 15 is 0 Å². The average molecular weight is 533 g/mol. The van der Waals surface area contributed by atoms with Crippen LogP contribution in [0.5, 0.6) is 0 Å². The number of rotatable bonds is 6. The molecule has 10 heteroatoms. The molecule has 3 aromatic heterocycles. The SMILES string of the molecule is C[C@H](Nc1cncc(-n2cnc3cc(C(=O)N4CCN(C(=O)c5ccncc5)CC4)ccc32)n1)c1ccccc1. The minimum Gasteiger partial charge on any atom is -0.362 e. The van der Waals surface area contributed by atoms with Crippen LogP contribution in [0.3, 0.4) is 0 Å². The third-order valence-corrected chi connectivity index (χ3v) is 7.11. The summed E-state index contributed by atoms with van der Waals surface area (Å²) in [6.45, 7) is 3.98. The maximum atomic E-state index is 13.3. The number of fused-ring (bicyclic) bond motifs is 1. The molecule has 10 nitrogen and oxygen atoms in total. The van der Waals surface area contributed by atoms with E-state index in [4.69, 9.17) is 4.98 Å². The first-order chi connectivity index (χ1) is 19.6. The van der Waals surface area contributed by atoms with Crippen molar-refractivity contribution in [3.05, 3.63) is 108 Å². The van der Waals surface area contributed by atoms with Crippen LogP contribution in [0.4, 0.5) is 5.82 Å². The van der Waals surface area contributed by atoms with Crippen molar-refractivity contribution in [2.24, 2.45) is 0 Å². The molecular weight excluding hydrogens is 504 g/mol. The molecule has 0 unspecified atom stereocenters. The molecule has 40 heavy (non-hydrogen) atoms. The number of pyridine rings is 1. The van der Waals surface area contributed by atoms with Crippen LogP contribution in [0, 0.1) is 0 Å². The van der Waals surface area contributed by atoms with Crippen LogP contribution in [0.2, 0.25) is 0 Å². The monoisotopic (exact) mass is 532 g/mol. The molecule has 1 aliphatic heterocycles. The number of nitrogens with zero attached hydrogens (tertiary/aromatic N) is 7. The maximum Gasteiger partial charge on any atom is 0.254 e. The molecule has 200 valence electrons. The van der Waals surface area contributed by atoms with Gasteiger partial charge in [0.2, 0.25) is 0 Å². The van der Waals surface area contributed by atoms with Crippen LogP contribution in [-0.4, -0.2) is 72.3 Å². The lowest BCUT2D eigenvalue weighted by Gasteiger charge is -2.34. The summed E-state index contributed by atoms with van der Waals surface area (Å²) in [4.78, 5) is 47.2. The maximum absolute atomic E-state index is 13.3.